The number of aryl methyl sites for hydroxylation is 1. The summed E-state index contributed by atoms with van der Waals surface area (Å²) in [7, 11) is -3.64. The molecule has 0 radical (unpaired) electrons. The molecule has 1 heterocycles. The van der Waals surface area contributed by atoms with Crippen molar-refractivity contribution in [2.45, 2.75) is 37.6 Å². The molecule has 1 aliphatic rings. The van der Waals surface area contributed by atoms with E-state index in [1.165, 1.54) is 22.5 Å². The Labute approximate surface area is 163 Å². The minimum Gasteiger partial charge on any atom is -0.346 e. The zero-order chi connectivity index (χ0) is 20.5. The van der Waals surface area contributed by atoms with Crippen LogP contribution in [0.1, 0.15) is 47.3 Å². The number of hydrogen-bond acceptors (Lipinski definition) is 3. The fourth-order valence-electron chi connectivity index (χ4n) is 3.22. The molecule has 1 atom stereocenters. The number of nitrogens with one attached hydrogen (secondary N) is 1. The maximum atomic E-state index is 13.4. The first-order valence-corrected chi connectivity index (χ1v) is 10.5. The molecule has 1 saturated heterocycles. The Hall–Kier alpha value is -2.32. The van der Waals surface area contributed by atoms with Gasteiger partial charge in [0, 0.05) is 18.7 Å². The van der Waals surface area contributed by atoms with E-state index in [-0.39, 0.29) is 10.5 Å². The van der Waals surface area contributed by atoms with Gasteiger partial charge in [0.25, 0.3) is 5.91 Å². The Kier molecular flexibility index (Phi) is 5.81. The van der Waals surface area contributed by atoms with Crippen molar-refractivity contribution in [1.82, 2.24) is 9.62 Å². The van der Waals surface area contributed by atoms with Gasteiger partial charge in [-0.1, -0.05) is 12.1 Å². The zero-order valence-corrected chi connectivity index (χ0v) is 16.5. The topological polar surface area (TPSA) is 66.5 Å². The van der Waals surface area contributed by atoms with Gasteiger partial charge in [-0.3, -0.25) is 4.79 Å². The molecule has 1 N–H and O–H groups in total. The van der Waals surface area contributed by atoms with Gasteiger partial charge in [0.1, 0.15) is 0 Å². The molecule has 0 aliphatic carbocycles. The Morgan fingerprint density at radius 3 is 2.39 bits per heavy atom. The summed E-state index contributed by atoms with van der Waals surface area (Å²) in [5.74, 6) is -2.43. The molecule has 1 fully saturated rings. The number of benzene rings is 2. The largest absolute Gasteiger partial charge is 0.346 e. The summed E-state index contributed by atoms with van der Waals surface area (Å²) in [5.41, 5.74) is 1.26. The molecule has 8 heteroatoms. The van der Waals surface area contributed by atoms with Gasteiger partial charge in [0.05, 0.1) is 10.9 Å². The molecule has 0 spiro atoms. The van der Waals surface area contributed by atoms with Crippen molar-refractivity contribution in [1.29, 1.82) is 0 Å². The number of halogens is 2. The smallest absolute Gasteiger partial charge is 0.252 e. The van der Waals surface area contributed by atoms with Gasteiger partial charge in [-0.15, -0.1) is 0 Å². The van der Waals surface area contributed by atoms with E-state index in [4.69, 9.17) is 0 Å². The highest BCUT2D eigenvalue weighted by molar-refractivity contribution is 7.89. The van der Waals surface area contributed by atoms with Gasteiger partial charge < -0.3 is 5.32 Å². The normalized spacial score (nSPS) is 16.1. The highest BCUT2D eigenvalue weighted by atomic mass is 32.2. The van der Waals surface area contributed by atoms with Crippen LogP contribution in [0.3, 0.4) is 0 Å². The van der Waals surface area contributed by atoms with Crippen LogP contribution in [0, 0.1) is 18.6 Å². The van der Waals surface area contributed by atoms with Crippen LogP contribution in [0.4, 0.5) is 8.78 Å². The third-order valence-electron chi connectivity index (χ3n) is 4.95. The van der Waals surface area contributed by atoms with Crippen LogP contribution in [-0.2, 0) is 10.0 Å². The predicted molar refractivity (Wildman–Crippen MR) is 101 cm³/mol. The second-order valence-corrected chi connectivity index (χ2v) is 8.89. The summed E-state index contributed by atoms with van der Waals surface area (Å²) in [5, 5.41) is 2.71. The van der Waals surface area contributed by atoms with Gasteiger partial charge >= 0.3 is 0 Å². The third kappa shape index (κ3) is 4.07. The van der Waals surface area contributed by atoms with Gasteiger partial charge in [0.15, 0.2) is 11.6 Å². The van der Waals surface area contributed by atoms with Crippen LogP contribution in [-0.4, -0.2) is 31.7 Å². The Morgan fingerprint density at radius 1 is 1.07 bits per heavy atom. The van der Waals surface area contributed by atoms with Crippen LogP contribution in [0.2, 0.25) is 0 Å². The molecular formula is C20H22F2N2O3S. The predicted octanol–water partition coefficient (Wildman–Crippen LogP) is 3.55. The minimum absolute atomic E-state index is 0.0747. The lowest BCUT2D eigenvalue weighted by Gasteiger charge is -2.18. The second-order valence-electron chi connectivity index (χ2n) is 6.96. The van der Waals surface area contributed by atoms with Gasteiger partial charge in [-0.2, -0.15) is 4.31 Å². The summed E-state index contributed by atoms with van der Waals surface area (Å²) in [4.78, 5) is 12.8. The summed E-state index contributed by atoms with van der Waals surface area (Å²) in [6, 6.07) is 7.31. The molecule has 3 rings (SSSR count). The van der Waals surface area contributed by atoms with Gasteiger partial charge in [0.2, 0.25) is 10.0 Å². The highest BCUT2D eigenvalue weighted by Gasteiger charge is 2.28. The van der Waals surface area contributed by atoms with E-state index in [2.05, 4.69) is 5.32 Å². The molecule has 150 valence electrons. The monoisotopic (exact) mass is 408 g/mol. The average molecular weight is 408 g/mol. The van der Waals surface area contributed by atoms with E-state index in [1.54, 1.807) is 19.9 Å². The summed E-state index contributed by atoms with van der Waals surface area (Å²) in [6.45, 7) is 4.31. The Bertz CT molecular complexity index is 1000. The molecule has 0 aromatic heterocycles. The Balaban J connectivity index is 1.84. The molecule has 1 aliphatic heterocycles. The van der Waals surface area contributed by atoms with Gasteiger partial charge in [-0.05, 0) is 62.1 Å². The summed E-state index contributed by atoms with van der Waals surface area (Å²) >= 11 is 0. The third-order valence-corrected chi connectivity index (χ3v) is 6.84. The van der Waals surface area contributed by atoms with Crippen LogP contribution < -0.4 is 5.32 Å². The first-order valence-electron chi connectivity index (χ1n) is 9.07. The average Bonchev–Trinajstić information content (AvgIpc) is 3.19. The van der Waals surface area contributed by atoms with E-state index in [9.17, 15) is 22.0 Å². The molecule has 1 unspecified atom stereocenters. The van der Waals surface area contributed by atoms with Crippen LogP contribution >= 0.6 is 0 Å². The highest BCUT2D eigenvalue weighted by Crippen LogP contribution is 2.24. The lowest BCUT2D eigenvalue weighted by Crippen LogP contribution is -2.30. The van der Waals surface area contributed by atoms with Crippen molar-refractivity contribution < 1.29 is 22.0 Å². The fourth-order valence-corrected chi connectivity index (χ4v) is 4.77. The van der Waals surface area contributed by atoms with Crippen LogP contribution in [0.5, 0.6) is 0 Å². The van der Waals surface area contributed by atoms with E-state index in [0.717, 1.165) is 25.0 Å². The van der Waals surface area contributed by atoms with Crippen molar-refractivity contribution in [3.8, 4) is 0 Å². The quantitative estimate of drug-likeness (QED) is 0.823. The lowest BCUT2D eigenvalue weighted by atomic mass is 10.1. The lowest BCUT2D eigenvalue weighted by molar-refractivity contribution is 0.0939. The van der Waals surface area contributed by atoms with Crippen molar-refractivity contribution in [3.63, 3.8) is 0 Å². The minimum atomic E-state index is -3.64. The van der Waals surface area contributed by atoms with E-state index < -0.39 is 33.6 Å². The van der Waals surface area contributed by atoms with E-state index in [0.29, 0.717) is 24.2 Å². The molecule has 5 nitrogen and oxygen atoms in total. The first kappa shape index (κ1) is 20.4. The van der Waals surface area contributed by atoms with Crippen molar-refractivity contribution >= 4 is 15.9 Å². The number of rotatable bonds is 5. The number of sulfonamides is 1. The molecule has 0 bridgehead atoms. The summed E-state index contributed by atoms with van der Waals surface area (Å²) < 4.78 is 53.5. The van der Waals surface area contributed by atoms with Gasteiger partial charge in [-0.25, -0.2) is 17.2 Å². The van der Waals surface area contributed by atoms with Crippen molar-refractivity contribution in [2.24, 2.45) is 0 Å². The van der Waals surface area contributed by atoms with Crippen molar-refractivity contribution in [3.05, 3.63) is 64.7 Å². The molecular weight excluding hydrogens is 386 g/mol. The standard InChI is InChI=1S/C20H22F2N2O3S/c1-13-5-7-16(28(26,27)24-9-3-4-10-24)12-17(13)20(25)23-14(2)15-6-8-18(21)19(22)11-15/h5-8,11-12,14H,3-4,9-10H2,1-2H3,(H,23,25). The van der Waals surface area contributed by atoms with E-state index >= 15 is 0 Å². The molecule has 2 aromatic rings. The van der Waals surface area contributed by atoms with Crippen LogP contribution in [0.25, 0.3) is 0 Å². The first-order chi connectivity index (χ1) is 13.2. The maximum Gasteiger partial charge on any atom is 0.252 e. The number of nitrogens with zero attached hydrogens (tertiary/aromatic N) is 1. The molecule has 2 aromatic carbocycles. The Morgan fingerprint density at radius 2 is 1.75 bits per heavy atom. The SMILES string of the molecule is Cc1ccc(S(=O)(=O)N2CCCC2)cc1C(=O)NC(C)c1ccc(F)c(F)c1. The number of carbonyl (C=O) groups is 1. The molecule has 1 amide bonds. The second kappa shape index (κ2) is 7.97. The summed E-state index contributed by atoms with van der Waals surface area (Å²) in [6.07, 6.45) is 1.65. The van der Waals surface area contributed by atoms with E-state index in [1.807, 2.05) is 0 Å². The fraction of sp³-hybridized carbons (Fsp3) is 0.350. The van der Waals surface area contributed by atoms with Crippen molar-refractivity contribution in [2.75, 3.05) is 13.1 Å². The maximum absolute atomic E-state index is 13.4. The number of amides is 1. The number of carbonyl (C=O) groups excluding carboxylic acids is 1. The number of hydrogen-bond donors (Lipinski definition) is 1. The van der Waals surface area contributed by atoms with Crippen LogP contribution in [0.15, 0.2) is 41.3 Å². The zero-order valence-electron chi connectivity index (χ0n) is 15.7. The molecule has 28 heavy (non-hydrogen) atoms. The molecule has 0 saturated carbocycles.